The molecule has 1 aliphatic carbocycles. The van der Waals surface area contributed by atoms with Gasteiger partial charge in [-0.05, 0) is 53.7 Å². The van der Waals surface area contributed by atoms with Gasteiger partial charge in [0, 0.05) is 16.5 Å². The van der Waals surface area contributed by atoms with Gasteiger partial charge < -0.3 is 4.90 Å². The van der Waals surface area contributed by atoms with E-state index in [0.717, 1.165) is 12.8 Å². The number of hydrogen-bond donors (Lipinski definition) is 2. The lowest BCUT2D eigenvalue weighted by atomic mass is 9.95. The summed E-state index contributed by atoms with van der Waals surface area (Å²) in [5.41, 5.74) is 1.27. The first-order valence-electron chi connectivity index (χ1n) is 10.7. The number of rotatable bonds is 7. The number of carbonyl (C=O) groups excluding carboxylic acids is 1. The van der Waals surface area contributed by atoms with Crippen LogP contribution in [0, 0.1) is 11.7 Å². The first-order chi connectivity index (χ1) is 15.2. The maximum absolute atomic E-state index is 15.5. The number of likely N-dealkylation sites (tertiary alicyclic amines) is 1. The molecule has 2 N–H and O–H groups in total. The molecule has 1 saturated carbocycles. The Kier molecular flexibility index (Phi) is 6.68. The monoisotopic (exact) mass is 483 g/mol. The van der Waals surface area contributed by atoms with E-state index in [1.165, 1.54) is 11.8 Å². The molecule has 2 aliphatic rings. The van der Waals surface area contributed by atoms with Crippen LogP contribution < -0.4 is 4.72 Å². The number of amides is 1. The van der Waals surface area contributed by atoms with Crippen molar-refractivity contribution >= 4 is 27.9 Å². The van der Waals surface area contributed by atoms with Crippen LogP contribution in [0.3, 0.4) is 0 Å². The molecular weight excluding hydrogens is 458 g/mol. The Morgan fingerprint density at radius 2 is 2.00 bits per heavy atom. The fourth-order valence-corrected chi connectivity index (χ4v) is 5.30. The first kappa shape index (κ1) is 23.3. The second kappa shape index (κ2) is 9.17. The number of halogens is 3. The van der Waals surface area contributed by atoms with Crippen molar-refractivity contribution in [3.63, 3.8) is 0 Å². The quantitative estimate of drug-likeness (QED) is 0.569. The maximum Gasteiger partial charge on any atom is 0.288 e. The van der Waals surface area contributed by atoms with Crippen molar-refractivity contribution in [3.05, 3.63) is 58.9 Å². The molecule has 2 fully saturated rings. The topological polar surface area (TPSA) is 69.6 Å². The predicted octanol–water partition coefficient (Wildman–Crippen LogP) is 4.51. The summed E-state index contributed by atoms with van der Waals surface area (Å²) in [4.78, 5) is 14.3. The van der Waals surface area contributed by atoms with E-state index in [2.05, 4.69) is 4.72 Å². The Morgan fingerprint density at radius 1 is 1.28 bits per heavy atom. The molecule has 1 amide bonds. The van der Waals surface area contributed by atoms with Crippen LogP contribution in [0.2, 0.25) is 5.02 Å². The molecule has 0 bridgehead atoms. The van der Waals surface area contributed by atoms with Gasteiger partial charge in [-0.25, -0.2) is 8.78 Å². The molecule has 4 atom stereocenters. The van der Waals surface area contributed by atoms with Crippen molar-refractivity contribution in [2.45, 2.75) is 44.4 Å². The highest BCUT2D eigenvalue weighted by Crippen LogP contribution is 2.36. The fraction of sp³-hybridized carbons (Fsp3) is 0.435. The molecule has 2 aromatic carbocycles. The summed E-state index contributed by atoms with van der Waals surface area (Å²) in [6.07, 6.45) is 0.000158. The number of carbonyl (C=O) groups is 1. The van der Waals surface area contributed by atoms with E-state index in [1.54, 1.807) is 42.5 Å². The summed E-state index contributed by atoms with van der Waals surface area (Å²) >= 11 is 6.06. The molecular formula is C23H26ClF2N2O3S+. The van der Waals surface area contributed by atoms with E-state index < -0.39 is 34.5 Å². The standard InChI is InChI=1S/C23H25ClF2N2O3S/c1-2-32(30,31)27-22-19(25)13-28(23(29)14-9-10-14)20(22)12-16-6-4-8-18(21(16)26)15-5-3-7-17(24)11-15/h3-8,11,14,19-20,22H,2,9-10,12-13H2,1H3,(H-,27,30,31)/p+1/t19-,20-,22-/m0/s1. The molecule has 0 radical (unpaired) electrons. The highest BCUT2D eigenvalue weighted by atomic mass is 35.5. The van der Waals surface area contributed by atoms with Crippen molar-refractivity contribution < 1.29 is 22.3 Å². The highest BCUT2D eigenvalue weighted by molar-refractivity contribution is 7.95. The van der Waals surface area contributed by atoms with Crippen LogP contribution in [-0.4, -0.2) is 45.9 Å². The van der Waals surface area contributed by atoms with Gasteiger partial charge in [0.1, 0.15) is 18.0 Å². The van der Waals surface area contributed by atoms with Gasteiger partial charge in [-0.3, -0.25) is 4.79 Å². The zero-order chi connectivity index (χ0) is 23.0. The summed E-state index contributed by atoms with van der Waals surface area (Å²) in [5, 5.41) is 0.478. The summed E-state index contributed by atoms with van der Waals surface area (Å²) in [6, 6.07) is 9.93. The maximum atomic E-state index is 15.5. The summed E-state index contributed by atoms with van der Waals surface area (Å²) < 4.78 is 55.4. The molecule has 0 spiro atoms. The van der Waals surface area contributed by atoms with Gasteiger partial charge in [0.15, 0.2) is 5.75 Å². The molecule has 0 aromatic heterocycles. The van der Waals surface area contributed by atoms with E-state index in [0.29, 0.717) is 21.7 Å². The van der Waals surface area contributed by atoms with Gasteiger partial charge >= 0.3 is 0 Å². The van der Waals surface area contributed by atoms with E-state index in [-0.39, 0.29) is 30.5 Å². The molecule has 32 heavy (non-hydrogen) atoms. The zero-order valence-corrected chi connectivity index (χ0v) is 19.2. The Balaban J connectivity index is 1.67. The largest absolute Gasteiger partial charge is 0.334 e. The zero-order valence-electron chi connectivity index (χ0n) is 17.6. The van der Waals surface area contributed by atoms with Crippen LogP contribution in [0.4, 0.5) is 8.78 Å². The number of nitrogens with one attached hydrogen (secondary N) is 1. The molecule has 5 nitrogen and oxygen atoms in total. The molecule has 1 unspecified atom stereocenters. The average Bonchev–Trinajstić information content (AvgIpc) is 3.56. The third kappa shape index (κ3) is 4.88. The van der Waals surface area contributed by atoms with Crippen LogP contribution >= 0.6 is 11.6 Å². The van der Waals surface area contributed by atoms with Crippen LogP contribution in [0.1, 0.15) is 25.3 Å². The number of hydrogen-bond acceptors (Lipinski definition) is 2. The van der Waals surface area contributed by atoms with Gasteiger partial charge in [0.05, 0.1) is 12.6 Å². The Bertz CT molecular complexity index is 1070. The lowest BCUT2D eigenvalue weighted by Gasteiger charge is -2.28. The van der Waals surface area contributed by atoms with Crippen LogP contribution in [-0.2, 0) is 25.8 Å². The molecule has 1 heterocycles. The van der Waals surface area contributed by atoms with E-state index >= 15 is 4.39 Å². The van der Waals surface area contributed by atoms with Crippen molar-refractivity contribution in [2.24, 2.45) is 5.92 Å². The third-order valence-electron chi connectivity index (χ3n) is 6.14. The summed E-state index contributed by atoms with van der Waals surface area (Å²) in [6.45, 7) is 1.35. The van der Waals surface area contributed by atoms with E-state index in [4.69, 9.17) is 11.6 Å². The number of alkyl halides is 1. The smallest absolute Gasteiger partial charge is 0.288 e. The third-order valence-corrected chi connectivity index (χ3v) is 7.80. The molecule has 1 aliphatic heterocycles. The molecule has 9 heteroatoms. The van der Waals surface area contributed by atoms with Gasteiger partial charge in [-0.15, -0.1) is 4.72 Å². The normalized spacial score (nSPS) is 25.0. The molecule has 2 aromatic rings. The lowest BCUT2D eigenvalue weighted by molar-refractivity contribution is -0.133. The predicted molar refractivity (Wildman–Crippen MR) is 122 cm³/mol. The molecule has 1 saturated heterocycles. The van der Waals surface area contributed by atoms with E-state index in [9.17, 15) is 17.9 Å². The number of benzene rings is 2. The van der Waals surface area contributed by atoms with Gasteiger partial charge in [0.2, 0.25) is 5.91 Å². The van der Waals surface area contributed by atoms with Gasteiger partial charge in [0.25, 0.3) is 10.4 Å². The summed E-state index contributed by atoms with van der Waals surface area (Å²) in [7, 11) is -3.47. The Hall–Kier alpha value is -1.87. The van der Waals surface area contributed by atoms with Crippen LogP contribution in [0.15, 0.2) is 42.5 Å². The fourth-order valence-electron chi connectivity index (χ4n) is 4.22. The van der Waals surface area contributed by atoms with E-state index in [1.807, 2.05) is 0 Å². The first-order valence-corrected chi connectivity index (χ1v) is 12.8. The van der Waals surface area contributed by atoms with Crippen molar-refractivity contribution in [1.82, 2.24) is 9.62 Å². The van der Waals surface area contributed by atoms with Crippen LogP contribution in [0.25, 0.3) is 11.1 Å². The minimum atomic E-state index is -3.47. The lowest BCUT2D eigenvalue weighted by Crippen LogP contribution is -2.52. The minimum absolute atomic E-state index is 0.0238. The van der Waals surface area contributed by atoms with Crippen molar-refractivity contribution in [2.75, 3.05) is 12.3 Å². The average molecular weight is 484 g/mol. The second-order valence-corrected chi connectivity index (χ2v) is 10.9. The van der Waals surface area contributed by atoms with Crippen molar-refractivity contribution in [3.8, 4) is 11.1 Å². The van der Waals surface area contributed by atoms with Crippen molar-refractivity contribution in [1.29, 1.82) is 0 Å². The van der Waals surface area contributed by atoms with Gasteiger partial charge in [-0.2, -0.15) is 4.55 Å². The molecule has 4 rings (SSSR count). The second-order valence-electron chi connectivity index (χ2n) is 8.41. The highest BCUT2D eigenvalue weighted by Gasteiger charge is 2.50. The SMILES string of the molecule is CC[S+](=O)(O)N[C@H]1[C@@H](F)CN(C(=O)C2CC2)[C@H]1Cc1cccc(-c2cccc(Cl)c2)c1F. The Morgan fingerprint density at radius 3 is 2.66 bits per heavy atom. The summed E-state index contributed by atoms with van der Waals surface area (Å²) in [5.74, 6) is -0.891. The Labute approximate surface area is 192 Å². The van der Waals surface area contributed by atoms with Crippen LogP contribution in [0.5, 0.6) is 0 Å². The molecule has 172 valence electrons. The van der Waals surface area contributed by atoms with Gasteiger partial charge in [-0.1, -0.05) is 41.9 Å². The minimum Gasteiger partial charge on any atom is -0.334 e. The number of nitrogens with zero attached hydrogens (tertiary/aromatic N) is 1.